The third-order valence-electron chi connectivity index (χ3n) is 6.30. The number of piperazine rings is 1. The van der Waals surface area contributed by atoms with Gasteiger partial charge in [-0.05, 0) is 48.7 Å². The Morgan fingerprint density at radius 1 is 1.08 bits per heavy atom. The van der Waals surface area contributed by atoms with E-state index < -0.39 is 38.3 Å². The van der Waals surface area contributed by atoms with Crippen LogP contribution in [0.25, 0.3) is 10.4 Å². The molecule has 5 rings (SSSR count). The van der Waals surface area contributed by atoms with Crippen molar-refractivity contribution in [2.75, 3.05) is 39.3 Å². The van der Waals surface area contributed by atoms with Crippen LogP contribution in [-0.2, 0) is 34.4 Å². The second-order valence-electron chi connectivity index (χ2n) is 8.82. The van der Waals surface area contributed by atoms with Gasteiger partial charge < -0.3 is 14.2 Å². The summed E-state index contributed by atoms with van der Waals surface area (Å²) in [7, 11) is -7.79. The lowest BCUT2D eigenvalue weighted by atomic mass is 10.2. The van der Waals surface area contributed by atoms with Crippen molar-refractivity contribution >= 4 is 37.3 Å². The van der Waals surface area contributed by atoms with E-state index >= 15 is 0 Å². The molecular formula is C22H27N3O9S3. The minimum atomic E-state index is -4.14. The number of benzene rings is 1. The monoisotopic (exact) mass is 573 g/mol. The third kappa shape index (κ3) is 5.62. The summed E-state index contributed by atoms with van der Waals surface area (Å²) in [6.45, 7) is 0.0252. The molecule has 0 spiro atoms. The first-order valence-corrected chi connectivity index (χ1v) is 15.8. The quantitative estimate of drug-likeness (QED) is 0.486. The Kier molecular flexibility index (Phi) is 7.46. The van der Waals surface area contributed by atoms with Gasteiger partial charge in [-0.2, -0.15) is 8.61 Å². The van der Waals surface area contributed by atoms with Crippen molar-refractivity contribution in [3.63, 3.8) is 0 Å². The molecule has 37 heavy (non-hydrogen) atoms. The van der Waals surface area contributed by atoms with Gasteiger partial charge in [-0.25, -0.2) is 27.2 Å². The second kappa shape index (κ2) is 10.5. The molecule has 202 valence electrons. The van der Waals surface area contributed by atoms with Gasteiger partial charge in [-0.15, -0.1) is 11.3 Å². The third-order valence-corrected chi connectivity index (χ3v) is 11.1. The number of nitrogens with zero attached hydrogens (tertiary/aromatic N) is 2. The zero-order valence-corrected chi connectivity index (χ0v) is 22.4. The molecule has 0 radical (unpaired) electrons. The molecule has 3 aliphatic rings. The van der Waals surface area contributed by atoms with Gasteiger partial charge in [0.1, 0.15) is 10.3 Å². The van der Waals surface area contributed by atoms with E-state index in [1.165, 1.54) is 6.07 Å². The van der Waals surface area contributed by atoms with E-state index in [1.54, 1.807) is 18.2 Å². The molecule has 2 aromatic rings. The molecule has 1 amide bonds. The SMILES string of the molecule is CS(=O)(=O)N1CCN(S(=O)(=O)c2ccc(-c3ccc4c(c3)OCO4)s2)[C@@H](C(=O)NOC2CCCCO2)C1. The lowest BCUT2D eigenvalue weighted by Crippen LogP contribution is -2.61. The van der Waals surface area contributed by atoms with E-state index in [9.17, 15) is 21.6 Å². The van der Waals surface area contributed by atoms with E-state index in [2.05, 4.69) is 5.48 Å². The predicted octanol–water partition coefficient (Wildman–Crippen LogP) is 1.35. The summed E-state index contributed by atoms with van der Waals surface area (Å²) < 4.78 is 70.0. The van der Waals surface area contributed by atoms with Crippen LogP contribution >= 0.6 is 11.3 Å². The number of ether oxygens (including phenoxy) is 3. The summed E-state index contributed by atoms with van der Waals surface area (Å²) in [5, 5.41) is 0. The number of amides is 1. The van der Waals surface area contributed by atoms with Crippen LogP contribution in [0.3, 0.4) is 0 Å². The topological polar surface area (TPSA) is 141 Å². The molecule has 12 nitrogen and oxygen atoms in total. The molecule has 0 aliphatic carbocycles. The zero-order valence-electron chi connectivity index (χ0n) is 20.0. The van der Waals surface area contributed by atoms with Crippen molar-refractivity contribution in [2.24, 2.45) is 0 Å². The summed E-state index contributed by atoms with van der Waals surface area (Å²) in [5.41, 5.74) is 3.05. The van der Waals surface area contributed by atoms with E-state index in [0.717, 1.165) is 44.6 Å². The van der Waals surface area contributed by atoms with Crippen molar-refractivity contribution < 1.29 is 40.7 Å². The van der Waals surface area contributed by atoms with Crippen LogP contribution in [0.5, 0.6) is 11.5 Å². The number of nitrogens with one attached hydrogen (secondary N) is 1. The van der Waals surface area contributed by atoms with Gasteiger partial charge in [0.2, 0.25) is 16.8 Å². The van der Waals surface area contributed by atoms with E-state index in [4.69, 9.17) is 19.0 Å². The lowest BCUT2D eigenvalue weighted by Gasteiger charge is -2.38. The maximum Gasteiger partial charge on any atom is 0.263 e. The highest BCUT2D eigenvalue weighted by Crippen LogP contribution is 2.39. The maximum atomic E-state index is 13.7. The lowest BCUT2D eigenvalue weighted by molar-refractivity contribution is -0.202. The largest absolute Gasteiger partial charge is 0.454 e. The minimum absolute atomic E-state index is 0.0299. The Bertz CT molecular complexity index is 1370. The van der Waals surface area contributed by atoms with Crippen molar-refractivity contribution in [1.82, 2.24) is 14.1 Å². The van der Waals surface area contributed by atoms with E-state index in [1.807, 2.05) is 6.07 Å². The number of thiophene rings is 1. The fraction of sp³-hybridized carbons (Fsp3) is 0.500. The molecule has 3 aliphatic heterocycles. The number of sulfonamides is 2. The number of hydrogen-bond donors (Lipinski definition) is 1. The van der Waals surface area contributed by atoms with Gasteiger partial charge >= 0.3 is 0 Å². The smallest absolute Gasteiger partial charge is 0.263 e. The normalized spacial score (nSPS) is 23.2. The summed E-state index contributed by atoms with van der Waals surface area (Å²) in [6, 6.07) is 7.17. The highest BCUT2D eigenvalue weighted by Gasteiger charge is 2.43. The maximum absolute atomic E-state index is 13.7. The van der Waals surface area contributed by atoms with Gasteiger partial charge in [0.05, 0.1) is 6.26 Å². The van der Waals surface area contributed by atoms with E-state index in [0.29, 0.717) is 29.4 Å². The van der Waals surface area contributed by atoms with Crippen LogP contribution in [-0.4, -0.2) is 83.0 Å². The van der Waals surface area contributed by atoms with Crippen molar-refractivity contribution in [3.8, 4) is 21.9 Å². The summed E-state index contributed by atoms with van der Waals surface area (Å²) in [6.07, 6.45) is 2.73. The summed E-state index contributed by atoms with van der Waals surface area (Å²) in [4.78, 5) is 19.1. The van der Waals surface area contributed by atoms with Gasteiger partial charge in [0, 0.05) is 37.5 Å². The molecule has 1 unspecified atom stereocenters. The number of carbonyl (C=O) groups excluding carboxylic acids is 1. The first-order valence-electron chi connectivity index (χ1n) is 11.7. The van der Waals surface area contributed by atoms with Crippen LogP contribution in [0, 0.1) is 0 Å². The highest BCUT2D eigenvalue weighted by molar-refractivity contribution is 7.91. The fourth-order valence-electron chi connectivity index (χ4n) is 4.32. The first kappa shape index (κ1) is 26.3. The van der Waals surface area contributed by atoms with Crippen LogP contribution in [0.15, 0.2) is 34.5 Å². The summed E-state index contributed by atoms with van der Waals surface area (Å²) >= 11 is 1.05. The molecule has 2 fully saturated rings. The molecular weight excluding hydrogens is 546 g/mol. The minimum Gasteiger partial charge on any atom is -0.454 e. The number of hydrogen-bond acceptors (Lipinski definition) is 10. The molecule has 0 bridgehead atoms. The van der Waals surface area contributed by atoms with Crippen LogP contribution in [0.4, 0.5) is 0 Å². The fourth-order valence-corrected chi connectivity index (χ4v) is 8.15. The van der Waals surface area contributed by atoms with E-state index in [-0.39, 0.29) is 30.6 Å². The van der Waals surface area contributed by atoms with Crippen molar-refractivity contribution in [1.29, 1.82) is 0 Å². The Morgan fingerprint density at radius 2 is 1.89 bits per heavy atom. The van der Waals surface area contributed by atoms with Crippen LogP contribution in [0.1, 0.15) is 19.3 Å². The molecule has 1 N–H and O–H groups in total. The van der Waals surface area contributed by atoms with Crippen LogP contribution in [0.2, 0.25) is 0 Å². The second-order valence-corrected chi connectivity index (χ2v) is 14.0. The molecule has 1 aromatic carbocycles. The Labute approximate surface area is 219 Å². The standard InChI is InChI=1S/C22H27N3O9S3/c1-36(27,28)24-9-10-25(16(13-24)22(26)23-34-20-4-2-3-11-31-20)37(29,30)21-8-7-19(35-21)15-5-6-17-18(12-15)33-14-32-17/h5-8,12,16,20H,2-4,9-11,13-14H2,1H3,(H,23,26)/t16-,20?/m1/s1. The number of hydroxylamine groups is 1. The predicted molar refractivity (Wildman–Crippen MR) is 133 cm³/mol. The van der Waals surface area contributed by atoms with Crippen molar-refractivity contribution in [3.05, 3.63) is 30.3 Å². The van der Waals surface area contributed by atoms with Gasteiger partial charge in [-0.1, -0.05) is 0 Å². The number of fused-ring (bicyclic) bond motifs is 1. The Hall–Kier alpha value is -2.27. The van der Waals surface area contributed by atoms with Gasteiger partial charge in [0.15, 0.2) is 17.8 Å². The number of carbonyl (C=O) groups is 1. The average molecular weight is 574 g/mol. The molecule has 15 heteroatoms. The highest BCUT2D eigenvalue weighted by atomic mass is 32.2. The van der Waals surface area contributed by atoms with Crippen LogP contribution < -0.4 is 15.0 Å². The van der Waals surface area contributed by atoms with Gasteiger partial charge in [-0.3, -0.25) is 4.79 Å². The Morgan fingerprint density at radius 3 is 2.65 bits per heavy atom. The molecule has 4 heterocycles. The molecule has 2 saturated heterocycles. The van der Waals surface area contributed by atoms with Crippen molar-refractivity contribution in [2.45, 2.75) is 35.8 Å². The summed E-state index contributed by atoms with van der Waals surface area (Å²) in [5.74, 6) is 0.427. The molecule has 1 aromatic heterocycles. The average Bonchev–Trinajstić information content (AvgIpc) is 3.57. The molecule has 2 atom stereocenters. The Balaban J connectivity index is 1.38. The molecule has 0 saturated carbocycles. The first-order chi connectivity index (χ1) is 17.6. The zero-order chi connectivity index (χ0) is 26.2. The van der Waals surface area contributed by atoms with Gasteiger partial charge in [0.25, 0.3) is 15.9 Å². The number of rotatable bonds is 7.